The summed E-state index contributed by atoms with van der Waals surface area (Å²) in [6, 6.07) is 11.9. The second kappa shape index (κ2) is 6.04. The van der Waals surface area contributed by atoms with Crippen LogP contribution in [0.3, 0.4) is 0 Å². The van der Waals surface area contributed by atoms with Gasteiger partial charge in [0, 0.05) is 25.0 Å². The number of aromatic nitrogens is 3. The molecule has 23 heavy (non-hydrogen) atoms. The zero-order chi connectivity index (χ0) is 16.4. The molecule has 0 saturated carbocycles. The molecule has 0 saturated heterocycles. The molecule has 0 aliphatic rings. The van der Waals surface area contributed by atoms with Crippen LogP contribution in [-0.4, -0.2) is 27.8 Å². The van der Waals surface area contributed by atoms with Crippen LogP contribution >= 0.6 is 0 Å². The molecule has 0 unspecified atom stereocenters. The van der Waals surface area contributed by atoms with E-state index in [1.54, 1.807) is 23.1 Å². The van der Waals surface area contributed by atoms with E-state index >= 15 is 0 Å². The first-order valence-electron chi connectivity index (χ1n) is 7.24. The third kappa shape index (κ3) is 2.85. The first kappa shape index (κ1) is 15.0. The van der Waals surface area contributed by atoms with Crippen LogP contribution in [0.5, 0.6) is 0 Å². The zero-order valence-electron chi connectivity index (χ0n) is 13.3. The fourth-order valence-corrected chi connectivity index (χ4v) is 2.55. The van der Waals surface area contributed by atoms with Gasteiger partial charge in [-0.05, 0) is 47.9 Å². The lowest BCUT2D eigenvalue weighted by Gasteiger charge is -2.09. The molecular weight excluding hydrogens is 290 g/mol. The maximum Gasteiger partial charge on any atom is 0.358 e. The Balaban J connectivity index is 2.10. The molecule has 0 fully saturated rings. The molecule has 0 N–H and O–H groups in total. The van der Waals surface area contributed by atoms with Crippen molar-refractivity contribution in [1.82, 2.24) is 14.8 Å². The van der Waals surface area contributed by atoms with Gasteiger partial charge in [-0.15, -0.1) is 0 Å². The minimum absolute atomic E-state index is 0.304. The van der Waals surface area contributed by atoms with Crippen LogP contribution in [-0.2, 0) is 11.8 Å². The third-order valence-electron chi connectivity index (χ3n) is 3.80. The average molecular weight is 307 g/mol. The summed E-state index contributed by atoms with van der Waals surface area (Å²) in [4.78, 5) is 15.7. The topological polar surface area (TPSA) is 57.0 Å². The molecule has 1 aromatic carbocycles. The van der Waals surface area contributed by atoms with Gasteiger partial charge in [-0.25, -0.2) is 4.79 Å². The highest BCUT2D eigenvalue weighted by Gasteiger charge is 2.16. The molecule has 5 nitrogen and oxygen atoms in total. The number of esters is 1. The molecule has 3 aromatic rings. The zero-order valence-corrected chi connectivity index (χ0v) is 13.3. The van der Waals surface area contributed by atoms with Crippen molar-refractivity contribution in [3.8, 4) is 22.4 Å². The number of nitrogens with zero attached hydrogens (tertiary/aromatic N) is 3. The molecule has 0 amide bonds. The molecule has 0 aliphatic carbocycles. The number of carbonyl (C=O) groups excluding carboxylic acids is 1. The summed E-state index contributed by atoms with van der Waals surface area (Å²) < 4.78 is 6.44. The summed E-state index contributed by atoms with van der Waals surface area (Å²) in [6.07, 6.45) is 3.54. The normalized spacial score (nSPS) is 10.6. The van der Waals surface area contributed by atoms with E-state index in [0.717, 1.165) is 27.9 Å². The number of pyridine rings is 1. The number of aryl methyl sites for hydroxylation is 2. The highest BCUT2D eigenvalue weighted by molar-refractivity contribution is 5.89. The van der Waals surface area contributed by atoms with Crippen molar-refractivity contribution >= 4 is 5.97 Å². The summed E-state index contributed by atoms with van der Waals surface area (Å²) in [7, 11) is 3.17. The minimum Gasteiger partial charge on any atom is -0.464 e. The van der Waals surface area contributed by atoms with Gasteiger partial charge in [0.05, 0.1) is 12.8 Å². The van der Waals surface area contributed by atoms with Crippen LogP contribution in [0.15, 0.2) is 48.8 Å². The molecule has 0 radical (unpaired) electrons. The van der Waals surface area contributed by atoms with E-state index in [0.29, 0.717) is 5.69 Å². The van der Waals surface area contributed by atoms with Gasteiger partial charge >= 0.3 is 5.97 Å². The Labute approximate surface area is 134 Å². The van der Waals surface area contributed by atoms with Crippen molar-refractivity contribution in [1.29, 1.82) is 0 Å². The fourth-order valence-electron chi connectivity index (χ4n) is 2.55. The summed E-state index contributed by atoms with van der Waals surface area (Å²) in [5.74, 6) is -0.435. The summed E-state index contributed by atoms with van der Waals surface area (Å²) >= 11 is 0. The molecule has 2 aromatic heterocycles. The van der Waals surface area contributed by atoms with E-state index in [1.807, 2.05) is 26.1 Å². The Morgan fingerprint density at radius 3 is 2.52 bits per heavy atom. The lowest BCUT2D eigenvalue weighted by atomic mass is 9.98. The smallest absolute Gasteiger partial charge is 0.358 e. The maximum atomic E-state index is 11.7. The number of rotatable bonds is 3. The van der Waals surface area contributed by atoms with Crippen molar-refractivity contribution in [2.45, 2.75) is 6.92 Å². The Morgan fingerprint density at radius 2 is 1.83 bits per heavy atom. The number of ether oxygens (including phenoxy) is 1. The first-order valence-corrected chi connectivity index (χ1v) is 7.24. The van der Waals surface area contributed by atoms with Crippen LogP contribution in [0.4, 0.5) is 0 Å². The van der Waals surface area contributed by atoms with Gasteiger partial charge in [0.15, 0.2) is 5.69 Å². The standard InChI is InChI=1S/C18H17N3O2/c1-12-4-5-14(13-6-8-19-9-7-13)10-15(12)17-11-16(18(22)23-3)20-21(17)2/h4-11H,1-3H3. The first-order chi connectivity index (χ1) is 11.1. The number of hydrogen-bond donors (Lipinski definition) is 0. The molecule has 0 bridgehead atoms. The van der Waals surface area contributed by atoms with E-state index in [-0.39, 0.29) is 0 Å². The molecule has 2 heterocycles. The quantitative estimate of drug-likeness (QED) is 0.697. The molecule has 3 rings (SSSR count). The number of methoxy groups -OCH3 is 1. The van der Waals surface area contributed by atoms with E-state index < -0.39 is 5.97 Å². The van der Waals surface area contributed by atoms with Gasteiger partial charge in [0.1, 0.15) is 0 Å². The van der Waals surface area contributed by atoms with E-state index in [2.05, 4.69) is 28.3 Å². The van der Waals surface area contributed by atoms with Crippen LogP contribution in [0.1, 0.15) is 16.1 Å². The predicted molar refractivity (Wildman–Crippen MR) is 88.0 cm³/mol. The lowest BCUT2D eigenvalue weighted by Crippen LogP contribution is -2.03. The second-order valence-electron chi connectivity index (χ2n) is 5.30. The third-order valence-corrected chi connectivity index (χ3v) is 3.80. The SMILES string of the molecule is COC(=O)c1cc(-c2cc(-c3ccncc3)ccc2C)n(C)n1. The van der Waals surface area contributed by atoms with Gasteiger partial charge in [-0.3, -0.25) is 9.67 Å². The summed E-state index contributed by atoms with van der Waals surface area (Å²) in [5, 5.41) is 4.23. The van der Waals surface area contributed by atoms with Crippen LogP contribution in [0, 0.1) is 6.92 Å². The molecular formula is C18H17N3O2. The van der Waals surface area contributed by atoms with Gasteiger partial charge in [-0.2, -0.15) is 5.10 Å². The average Bonchev–Trinajstić information content (AvgIpc) is 2.97. The van der Waals surface area contributed by atoms with Crippen LogP contribution in [0.2, 0.25) is 0 Å². The summed E-state index contributed by atoms with van der Waals surface area (Å²) in [5.41, 5.74) is 5.51. The van der Waals surface area contributed by atoms with Crippen LogP contribution < -0.4 is 0 Å². The van der Waals surface area contributed by atoms with Crippen molar-refractivity contribution in [2.75, 3.05) is 7.11 Å². The second-order valence-corrected chi connectivity index (χ2v) is 5.30. The Kier molecular flexibility index (Phi) is 3.93. The van der Waals surface area contributed by atoms with Gasteiger partial charge in [0.2, 0.25) is 0 Å². The Morgan fingerprint density at radius 1 is 1.09 bits per heavy atom. The minimum atomic E-state index is -0.435. The van der Waals surface area contributed by atoms with E-state index in [4.69, 9.17) is 4.74 Å². The van der Waals surface area contributed by atoms with Gasteiger partial charge < -0.3 is 4.74 Å². The largest absolute Gasteiger partial charge is 0.464 e. The monoisotopic (exact) mass is 307 g/mol. The lowest BCUT2D eigenvalue weighted by molar-refractivity contribution is 0.0593. The van der Waals surface area contributed by atoms with Crippen molar-refractivity contribution in [3.63, 3.8) is 0 Å². The van der Waals surface area contributed by atoms with E-state index in [9.17, 15) is 4.79 Å². The molecule has 0 atom stereocenters. The highest BCUT2D eigenvalue weighted by atomic mass is 16.5. The fraction of sp³-hybridized carbons (Fsp3) is 0.167. The number of carbonyl (C=O) groups is 1. The highest BCUT2D eigenvalue weighted by Crippen LogP contribution is 2.29. The van der Waals surface area contributed by atoms with Gasteiger partial charge in [-0.1, -0.05) is 12.1 Å². The Hall–Kier alpha value is -2.95. The maximum absolute atomic E-state index is 11.7. The summed E-state index contributed by atoms with van der Waals surface area (Å²) in [6.45, 7) is 2.04. The van der Waals surface area contributed by atoms with Crippen molar-refractivity contribution in [2.24, 2.45) is 7.05 Å². The number of hydrogen-bond acceptors (Lipinski definition) is 4. The van der Waals surface area contributed by atoms with E-state index in [1.165, 1.54) is 7.11 Å². The number of benzene rings is 1. The van der Waals surface area contributed by atoms with Gasteiger partial charge in [0.25, 0.3) is 0 Å². The molecule has 0 spiro atoms. The van der Waals surface area contributed by atoms with Crippen molar-refractivity contribution < 1.29 is 9.53 Å². The molecule has 5 heteroatoms. The Bertz CT molecular complexity index is 854. The van der Waals surface area contributed by atoms with Crippen LogP contribution in [0.25, 0.3) is 22.4 Å². The molecule has 0 aliphatic heterocycles. The van der Waals surface area contributed by atoms with Crippen molar-refractivity contribution in [3.05, 3.63) is 60.0 Å². The predicted octanol–water partition coefficient (Wildman–Crippen LogP) is 3.24. The molecule has 116 valence electrons.